The predicted molar refractivity (Wildman–Crippen MR) is 183 cm³/mol. The maximum absolute atomic E-state index is 6.34. The zero-order valence-electron chi connectivity index (χ0n) is 24.2. The number of rotatable bonds is 4. The topological polar surface area (TPSA) is 63.8 Å². The second kappa shape index (κ2) is 10.3. The monoisotopic (exact) mass is 578 g/mol. The minimum Gasteiger partial charge on any atom is -0.440 e. The van der Waals surface area contributed by atoms with Gasteiger partial charge in [-0.25, -0.2) is 15.0 Å². The number of benzene rings is 5. The number of hydrogen-bond acceptors (Lipinski definition) is 5. The average Bonchev–Trinajstić information content (AvgIpc) is 3.48. The SMILES string of the molecule is C1=CC2=Cc3c(oc4cccc(-c5nc(-c6ccccc6)nc(-c6ccc7ccc(-c8ccccc8)cc7c6)n5)c34)NC2C=C1. The van der Waals surface area contributed by atoms with Crippen molar-refractivity contribution in [2.24, 2.45) is 0 Å². The Labute approximate surface area is 260 Å². The number of hydrogen-bond donors (Lipinski definition) is 1. The Bertz CT molecular complexity index is 2350. The first-order chi connectivity index (χ1) is 22.3. The molecule has 0 radical (unpaired) electrons. The lowest BCUT2D eigenvalue weighted by molar-refractivity contribution is 0.622. The van der Waals surface area contributed by atoms with Crippen LogP contribution in [0, 0.1) is 0 Å². The zero-order valence-corrected chi connectivity index (χ0v) is 24.2. The number of fused-ring (bicyclic) bond motifs is 5. The molecule has 7 aromatic rings. The molecule has 0 spiro atoms. The van der Waals surface area contributed by atoms with Crippen LogP contribution in [0.3, 0.4) is 0 Å². The van der Waals surface area contributed by atoms with Gasteiger partial charge < -0.3 is 9.73 Å². The summed E-state index contributed by atoms with van der Waals surface area (Å²) in [7, 11) is 0. The van der Waals surface area contributed by atoms with Gasteiger partial charge in [0.2, 0.25) is 5.88 Å². The molecular formula is C40H26N4O. The second-order valence-electron chi connectivity index (χ2n) is 11.3. The van der Waals surface area contributed by atoms with Gasteiger partial charge in [-0.1, -0.05) is 121 Å². The van der Waals surface area contributed by atoms with E-state index in [1.807, 2.05) is 48.5 Å². The molecule has 9 rings (SSSR count). The van der Waals surface area contributed by atoms with Gasteiger partial charge in [-0.05, 0) is 51.7 Å². The highest BCUT2D eigenvalue weighted by molar-refractivity contribution is 6.03. The second-order valence-corrected chi connectivity index (χ2v) is 11.3. The molecule has 0 fully saturated rings. The van der Waals surface area contributed by atoms with Gasteiger partial charge in [0.1, 0.15) is 5.58 Å². The van der Waals surface area contributed by atoms with E-state index in [9.17, 15) is 0 Å². The fraction of sp³-hybridized carbons (Fsp3) is 0.0250. The van der Waals surface area contributed by atoms with Gasteiger partial charge >= 0.3 is 0 Å². The van der Waals surface area contributed by atoms with Crippen LogP contribution in [0.5, 0.6) is 0 Å². The third-order valence-electron chi connectivity index (χ3n) is 8.53. The molecule has 5 aromatic carbocycles. The normalized spacial score (nSPS) is 15.0. The third-order valence-corrected chi connectivity index (χ3v) is 8.53. The van der Waals surface area contributed by atoms with Crippen LogP contribution in [0.4, 0.5) is 5.88 Å². The first-order valence-electron chi connectivity index (χ1n) is 15.1. The molecule has 45 heavy (non-hydrogen) atoms. The maximum atomic E-state index is 6.34. The first-order valence-corrected chi connectivity index (χ1v) is 15.1. The summed E-state index contributed by atoms with van der Waals surface area (Å²) in [5.41, 5.74) is 8.11. The van der Waals surface area contributed by atoms with E-state index >= 15 is 0 Å². The van der Waals surface area contributed by atoms with Gasteiger partial charge in [-0.15, -0.1) is 0 Å². The highest BCUT2D eigenvalue weighted by Crippen LogP contribution is 2.42. The molecule has 5 nitrogen and oxygen atoms in total. The van der Waals surface area contributed by atoms with Crippen LogP contribution in [0.25, 0.3) is 73.1 Å². The first kappa shape index (κ1) is 25.4. The molecule has 1 N–H and O–H groups in total. The van der Waals surface area contributed by atoms with Crippen LogP contribution in [0.15, 0.2) is 150 Å². The molecule has 5 heteroatoms. The van der Waals surface area contributed by atoms with Crippen molar-refractivity contribution in [3.63, 3.8) is 0 Å². The number of anilines is 1. The lowest BCUT2D eigenvalue weighted by Gasteiger charge is -2.22. The van der Waals surface area contributed by atoms with Gasteiger partial charge in [0.05, 0.1) is 6.04 Å². The highest BCUT2D eigenvalue weighted by Gasteiger charge is 2.26. The molecule has 3 heterocycles. The number of allylic oxidation sites excluding steroid dienone is 2. The van der Waals surface area contributed by atoms with Crippen LogP contribution >= 0.6 is 0 Å². The number of nitrogens with zero attached hydrogens (tertiary/aromatic N) is 3. The summed E-state index contributed by atoms with van der Waals surface area (Å²) in [5.74, 6) is 2.61. The van der Waals surface area contributed by atoms with Crippen LogP contribution in [0.1, 0.15) is 5.56 Å². The molecule has 0 amide bonds. The summed E-state index contributed by atoms with van der Waals surface area (Å²) in [6, 6.07) is 39.7. The van der Waals surface area contributed by atoms with Crippen molar-refractivity contribution in [1.82, 2.24) is 15.0 Å². The molecule has 212 valence electrons. The zero-order chi connectivity index (χ0) is 29.7. The Morgan fingerprint density at radius 3 is 2.11 bits per heavy atom. The van der Waals surface area contributed by atoms with E-state index in [2.05, 4.69) is 102 Å². The Hall–Kier alpha value is -6.07. The summed E-state index contributed by atoms with van der Waals surface area (Å²) in [4.78, 5) is 15.2. The molecule has 1 unspecified atom stereocenters. The van der Waals surface area contributed by atoms with E-state index in [-0.39, 0.29) is 6.04 Å². The number of aromatic nitrogens is 3. The van der Waals surface area contributed by atoms with Crippen LogP contribution in [-0.2, 0) is 0 Å². The molecule has 1 aliphatic heterocycles. The molecule has 0 saturated carbocycles. The summed E-state index contributed by atoms with van der Waals surface area (Å²) in [6.45, 7) is 0. The number of furan rings is 1. The molecular weight excluding hydrogens is 552 g/mol. The maximum Gasteiger partial charge on any atom is 0.202 e. The molecule has 1 aliphatic carbocycles. The quantitative estimate of drug-likeness (QED) is 0.225. The lowest BCUT2D eigenvalue weighted by Crippen LogP contribution is -2.22. The number of nitrogens with one attached hydrogen (secondary N) is 1. The third kappa shape index (κ3) is 4.45. The van der Waals surface area contributed by atoms with Gasteiger partial charge in [-0.2, -0.15) is 0 Å². The Morgan fingerprint density at radius 2 is 1.29 bits per heavy atom. The van der Waals surface area contributed by atoms with Crippen molar-refractivity contribution in [1.29, 1.82) is 0 Å². The predicted octanol–water partition coefficient (Wildman–Crippen LogP) is 9.74. The Kier molecular flexibility index (Phi) is 5.81. The van der Waals surface area contributed by atoms with E-state index < -0.39 is 0 Å². The van der Waals surface area contributed by atoms with Gasteiger partial charge in [0.15, 0.2) is 17.5 Å². The van der Waals surface area contributed by atoms with Crippen molar-refractivity contribution in [2.45, 2.75) is 6.04 Å². The Balaban J connectivity index is 1.23. The summed E-state index contributed by atoms with van der Waals surface area (Å²) < 4.78 is 6.34. The van der Waals surface area contributed by atoms with E-state index in [0.717, 1.165) is 49.9 Å². The summed E-state index contributed by atoms with van der Waals surface area (Å²) in [6.07, 6.45) is 10.6. The summed E-state index contributed by atoms with van der Waals surface area (Å²) >= 11 is 0. The standard InChI is InChI=1S/C40H26N4O/c1-3-10-25(11-4-1)28-20-18-26-19-21-30(23-31(26)22-28)38-42-37(27-12-5-2-6-13-27)43-39(44-38)32-15-9-17-35-36(32)33-24-29-14-7-8-16-34(29)41-40(33)45-35/h1-24,34,41H. The summed E-state index contributed by atoms with van der Waals surface area (Å²) in [5, 5.41) is 6.82. The van der Waals surface area contributed by atoms with Crippen molar-refractivity contribution >= 4 is 33.7 Å². The minimum atomic E-state index is 0.0929. The van der Waals surface area contributed by atoms with Gasteiger partial charge in [0, 0.05) is 27.6 Å². The molecule has 0 saturated heterocycles. The van der Waals surface area contributed by atoms with Crippen LogP contribution in [0.2, 0.25) is 0 Å². The molecule has 2 aliphatic rings. The van der Waals surface area contributed by atoms with Crippen LogP contribution < -0.4 is 5.32 Å². The van der Waals surface area contributed by atoms with E-state index in [1.165, 1.54) is 16.7 Å². The van der Waals surface area contributed by atoms with E-state index in [1.54, 1.807) is 0 Å². The van der Waals surface area contributed by atoms with Gasteiger partial charge in [0.25, 0.3) is 0 Å². The highest BCUT2D eigenvalue weighted by atomic mass is 16.4. The molecule has 0 bridgehead atoms. The largest absolute Gasteiger partial charge is 0.440 e. The van der Waals surface area contributed by atoms with Gasteiger partial charge in [-0.3, -0.25) is 0 Å². The Morgan fingerprint density at radius 1 is 0.578 bits per heavy atom. The average molecular weight is 579 g/mol. The van der Waals surface area contributed by atoms with Crippen molar-refractivity contribution < 1.29 is 4.42 Å². The van der Waals surface area contributed by atoms with Crippen molar-refractivity contribution in [3.05, 3.63) is 151 Å². The van der Waals surface area contributed by atoms with E-state index in [0.29, 0.717) is 17.5 Å². The lowest BCUT2D eigenvalue weighted by atomic mass is 9.94. The molecule has 2 aromatic heterocycles. The molecule has 1 atom stereocenters. The van der Waals surface area contributed by atoms with Crippen LogP contribution in [-0.4, -0.2) is 21.0 Å². The fourth-order valence-corrected chi connectivity index (χ4v) is 6.28. The van der Waals surface area contributed by atoms with Crippen molar-refractivity contribution in [2.75, 3.05) is 5.32 Å². The smallest absolute Gasteiger partial charge is 0.202 e. The fourth-order valence-electron chi connectivity index (χ4n) is 6.28. The van der Waals surface area contributed by atoms with E-state index in [4.69, 9.17) is 19.4 Å². The van der Waals surface area contributed by atoms with Crippen molar-refractivity contribution in [3.8, 4) is 45.3 Å². The minimum absolute atomic E-state index is 0.0929.